The van der Waals surface area contributed by atoms with Gasteiger partial charge in [-0.3, -0.25) is 19.9 Å². The highest BCUT2D eigenvalue weighted by Gasteiger charge is 2.48. The summed E-state index contributed by atoms with van der Waals surface area (Å²) in [6, 6.07) is 1.35. The Morgan fingerprint density at radius 2 is 2.38 bits per heavy atom. The van der Waals surface area contributed by atoms with Crippen molar-refractivity contribution in [2.75, 3.05) is 0 Å². The van der Waals surface area contributed by atoms with Gasteiger partial charge < -0.3 is 5.11 Å². The molecule has 7 heteroatoms. The number of halogens is 1. The molecule has 0 saturated heterocycles. The van der Waals surface area contributed by atoms with Gasteiger partial charge in [0, 0.05) is 22.7 Å². The van der Waals surface area contributed by atoms with Gasteiger partial charge in [0.25, 0.3) is 5.69 Å². The maximum Gasteiger partial charge on any atom is 0.307 e. The Kier molecular flexibility index (Phi) is 2.63. The molecule has 0 radical (unpaired) electrons. The van der Waals surface area contributed by atoms with Crippen LogP contribution in [0, 0.1) is 16.0 Å². The largest absolute Gasteiger partial charge is 0.481 e. The van der Waals surface area contributed by atoms with Crippen LogP contribution in [0.5, 0.6) is 0 Å². The van der Waals surface area contributed by atoms with E-state index in [-0.39, 0.29) is 17.3 Å². The zero-order chi connectivity index (χ0) is 11.9. The van der Waals surface area contributed by atoms with Crippen LogP contribution in [0.25, 0.3) is 0 Å². The van der Waals surface area contributed by atoms with Gasteiger partial charge in [0.15, 0.2) is 0 Å². The van der Waals surface area contributed by atoms with Crippen molar-refractivity contribution in [1.29, 1.82) is 0 Å². The van der Waals surface area contributed by atoms with Crippen LogP contribution in [0.2, 0.25) is 0 Å². The lowest BCUT2D eigenvalue weighted by Gasteiger charge is -2.00. The maximum absolute atomic E-state index is 10.8. The molecule has 2 rings (SSSR count). The fraction of sp³-hybridized carbons (Fsp3) is 0.333. The highest BCUT2D eigenvalue weighted by Crippen LogP contribution is 2.49. The van der Waals surface area contributed by atoms with Gasteiger partial charge in [-0.2, -0.15) is 0 Å². The maximum atomic E-state index is 10.8. The first-order valence-corrected chi connectivity index (χ1v) is 5.32. The third-order valence-electron chi connectivity index (χ3n) is 2.52. The van der Waals surface area contributed by atoms with Crippen LogP contribution in [0.4, 0.5) is 5.69 Å². The van der Waals surface area contributed by atoms with Gasteiger partial charge in [0.1, 0.15) is 5.69 Å². The molecule has 2 atom stereocenters. The molecule has 0 aromatic carbocycles. The van der Waals surface area contributed by atoms with Crippen molar-refractivity contribution in [2.45, 2.75) is 12.3 Å². The SMILES string of the molecule is O=C(O)C1CC1c1ncc(Br)cc1[N+](=O)[O-]. The summed E-state index contributed by atoms with van der Waals surface area (Å²) in [4.78, 5) is 24.9. The molecule has 1 N–H and O–H groups in total. The van der Waals surface area contributed by atoms with Crippen LogP contribution in [0.3, 0.4) is 0 Å². The monoisotopic (exact) mass is 286 g/mol. The van der Waals surface area contributed by atoms with Crippen molar-refractivity contribution in [3.05, 3.63) is 32.5 Å². The number of carboxylic acid groups (broad SMARTS) is 1. The van der Waals surface area contributed by atoms with Gasteiger partial charge in [0.2, 0.25) is 0 Å². The molecule has 2 unspecified atom stereocenters. The highest BCUT2D eigenvalue weighted by atomic mass is 79.9. The predicted molar refractivity (Wildman–Crippen MR) is 57.1 cm³/mol. The Bertz CT molecular complexity index is 477. The third kappa shape index (κ3) is 1.90. The van der Waals surface area contributed by atoms with Crippen molar-refractivity contribution >= 4 is 27.6 Å². The Hall–Kier alpha value is -1.50. The molecular formula is C9H7BrN2O4. The molecule has 16 heavy (non-hydrogen) atoms. The predicted octanol–water partition coefficient (Wildman–Crippen LogP) is 1.94. The van der Waals surface area contributed by atoms with Crippen LogP contribution in [-0.4, -0.2) is 21.0 Å². The fourth-order valence-electron chi connectivity index (χ4n) is 1.64. The van der Waals surface area contributed by atoms with Crippen LogP contribution < -0.4 is 0 Å². The first-order chi connectivity index (χ1) is 7.50. The molecule has 84 valence electrons. The molecule has 1 aliphatic rings. The normalized spacial score (nSPS) is 22.8. The van der Waals surface area contributed by atoms with Gasteiger partial charge in [-0.25, -0.2) is 0 Å². The smallest absolute Gasteiger partial charge is 0.307 e. The summed E-state index contributed by atoms with van der Waals surface area (Å²) in [6.07, 6.45) is 1.87. The van der Waals surface area contributed by atoms with E-state index in [0.29, 0.717) is 10.9 Å². The number of pyridine rings is 1. The summed E-state index contributed by atoms with van der Waals surface area (Å²) < 4.78 is 0.510. The zero-order valence-corrected chi connectivity index (χ0v) is 9.55. The van der Waals surface area contributed by atoms with Crippen molar-refractivity contribution < 1.29 is 14.8 Å². The van der Waals surface area contributed by atoms with Gasteiger partial charge in [-0.15, -0.1) is 0 Å². The van der Waals surface area contributed by atoms with Gasteiger partial charge in [-0.05, 0) is 22.4 Å². The molecule has 0 aliphatic heterocycles. The number of carboxylic acids is 1. The molecule has 1 aromatic heterocycles. The van der Waals surface area contributed by atoms with E-state index >= 15 is 0 Å². The van der Waals surface area contributed by atoms with Crippen LogP contribution >= 0.6 is 15.9 Å². The highest BCUT2D eigenvalue weighted by molar-refractivity contribution is 9.10. The lowest BCUT2D eigenvalue weighted by atomic mass is 10.2. The summed E-state index contributed by atoms with van der Waals surface area (Å²) in [7, 11) is 0. The van der Waals surface area contributed by atoms with Crippen molar-refractivity contribution in [3.63, 3.8) is 0 Å². The van der Waals surface area contributed by atoms with Gasteiger partial charge in [-0.1, -0.05) is 0 Å². The molecular weight excluding hydrogens is 280 g/mol. The molecule has 0 amide bonds. The average molecular weight is 287 g/mol. The number of aromatic nitrogens is 1. The van der Waals surface area contributed by atoms with E-state index in [1.807, 2.05) is 0 Å². The van der Waals surface area contributed by atoms with E-state index < -0.39 is 16.8 Å². The number of aliphatic carboxylic acids is 1. The summed E-state index contributed by atoms with van der Waals surface area (Å²) in [5.74, 6) is -1.79. The Morgan fingerprint density at radius 1 is 1.69 bits per heavy atom. The molecule has 6 nitrogen and oxygen atoms in total. The molecule has 1 fully saturated rings. The first-order valence-electron chi connectivity index (χ1n) is 4.53. The number of nitro groups is 1. The summed E-state index contributed by atoms with van der Waals surface area (Å²) in [5.41, 5.74) is 0.142. The molecule has 0 spiro atoms. The number of nitrogens with zero attached hydrogens (tertiary/aromatic N) is 2. The summed E-state index contributed by atoms with van der Waals surface area (Å²) in [5, 5.41) is 19.5. The van der Waals surface area contributed by atoms with Gasteiger partial charge in [0.05, 0.1) is 10.8 Å². The first kappa shape index (κ1) is 11.0. The second-order valence-corrected chi connectivity index (χ2v) is 4.52. The third-order valence-corrected chi connectivity index (χ3v) is 2.95. The molecule has 0 bridgehead atoms. The van der Waals surface area contributed by atoms with Gasteiger partial charge >= 0.3 is 5.97 Å². The minimum atomic E-state index is -0.927. The quantitative estimate of drug-likeness (QED) is 0.677. The molecule has 1 aliphatic carbocycles. The minimum Gasteiger partial charge on any atom is -0.481 e. The van der Waals surface area contributed by atoms with E-state index in [2.05, 4.69) is 20.9 Å². The average Bonchev–Trinajstić information content (AvgIpc) is 2.97. The number of carbonyl (C=O) groups is 1. The minimum absolute atomic E-state index is 0.122. The van der Waals surface area contributed by atoms with E-state index in [9.17, 15) is 14.9 Å². The Morgan fingerprint density at radius 3 is 2.88 bits per heavy atom. The van der Waals surface area contributed by atoms with E-state index in [1.165, 1.54) is 12.3 Å². The number of hydrogen-bond acceptors (Lipinski definition) is 4. The fourth-order valence-corrected chi connectivity index (χ4v) is 1.96. The number of rotatable bonds is 3. The van der Waals surface area contributed by atoms with E-state index in [1.54, 1.807) is 0 Å². The standard InChI is InChI=1S/C9H7BrN2O4/c10-4-1-7(12(15)16)8(11-3-4)5-2-6(5)9(13)14/h1,3,5-6H,2H2,(H,13,14). The second kappa shape index (κ2) is 3.82. The molecule has 1 heterocycles. The van der Waals surface area contributed by atoms with Crippen LogP contribution in [0.1, 0.15) is 18.0 Å². The van der Waals surface area contributed by atoms with Crippen molar-refractivity contribution in [3.8, 4) is 0 Å². The number of hydrogen-bond donors (Lipinski definition) is 1. The van der Waals surface area contributed by atoms with E-state index in [0.717, 1.165) is 0 Å². The van der Waals surface area contributed by atoms with Crippen molar-refractivity contribution in [1.82, 2.24) is 4.98 Å². The molecule has 1 aromatic rings. The Balaban J connectivity index is 2.35. The summed E-state index contributed by atoms with van der Waals surface area (Å²) >= 11 is 3.09. The topological polar surface area (TPSA) is 93.3 Å². The lowest BCUT2D eigenvalue weighted by Crippen LogP contribution is -2.02. The van der Waals surface area contributed by atoms with E-state index in [4.69, 9.17) is 5.11 Å². The second-order valence-electron chi connectivity index (χ2n) is 3.60. The molecule has 1 saturated carbocycles. The van der Waals surface area contributed by atoms with Crippen LogP contribution in [-0.2, 0) is 4.79 Å². The summed E-state index contributed by atoms with van der Waals surface area (Å²) in [6.45, 7) is 0. The lowest BCUT2D eigenvalue weighted by molar-refractivity contribution is -0.386. The Labute approximate surface area is 98.6 Å². The zero-order valence-electron chi connectivity index (χ0n) is 7.96. The van der Waals surface area contributed by atoms with Crippen LogP contribution in [0.15, 0.2) is 16.7 Å². The van der Waals surface area contributed by atoms with Crippen molar-refractivity contribution in [2.24, 2.45) is 5.92 Å².